The molecule has 5 nitrogen and oxygen atoms in total. The number of benzene rings is 3. The summed E-state index contributed by atoms with van der Waals surface area (Å²) in [6.45, 7) is 6.08. The minimum atomic E-state index is 0.151. The lowest BCUT2D eigenvalue weighted by atomic mass is 10.0. The Morgan fingerprint density at radius 1 is 1.04 bits per heavy atom. The Balaban J connectivity index is 2.03. The van der Waals surface area contributed by atoms with Gasteiger partial charge in [0.2, 0.25) is 0 Å². The smallest absolute Gasteiger partial charge is 0.155 e. The van der Waals surface area contributed by atoms with Crippen molar-refractivity contribution in [3.8, 4) is 17.2 Å². The summed E-state index contributed by atoms with van der Waals surface area (Å²) in [5.41, 5.74) is 3.19. The number of hydrogen-bond donors (Lipinski definition) is 2. The molecule has 0 unspecified atom stereocenters. The van der Waals surface area contributed by atoms with Crippen molar-refractivity contribution in [2.75, 3.05) is 18.0 Å². The lowest BCUT2D eigenvalue weighted by Gasteiger charge is -2.21. The number of anilines is 1. The van der Waals surface area contributed by atoms with Crippen LogP contribution in [0.15, 0.2) is 46.9 Å². The number of nitrogens with zero attached hydrogens (tertiary/aromatic N) is 2. The first-order valence-electron chi connectivity index (χ1n) is 8.40. The molecule has 5 heteroatoms. The van der Waals surface area contributed by atoms with Crippen molar-refractivity contribution in [1.82, 2.24) is 4.98 Å². The Morgan fingerprint density at radius 3 is 2.60 bits per heavy atom. The Kier molecular flexibility index (Phi) is 3.57. The highest BCUT2D eigenvalue weighted by molar-refractivity contribution is 5.97. The van der Waals surface area contributed by atoms with E-state index in [-0.39, 0.29) is 5.75 Å². The minimum Gasteiger partial charge on any atom is -0.508 e. The first-order chi connectivity index (χ1) is 12.1. The molecule has 2 aromatic rings. The Bertz CT molecular complexity index is 1110. The molecule has 25 heavy (non-hydrogen) atoms. The standard InChI is InChI=1S/C20H19N3O2/c1-3-23(4-2)12-5-8-17-18(9-12)25-19-11-16(21)14-7-6-13(24)10-15(14)20(19)22-17/h5-11,21,24H,3-4H2,1-2H3. The van der Waals surface area contributed by atoms with Gasteiger partial charge in [-0.15, -0.1) is 0 Å². The van der Waals surface area contributed by atoms with Crippen molar-refractivity contribution < 1.29 is 9.52 Å². The van der Waals surface area contributed by atoms with Gasteiger partial charge in [0.25, 0.3) is 0 Å². The summed E-state index contributed by atoms with van der Waals surface area (Å²) in [6.07, 6.45) is 0. The molecular weight excluding hydrogens is 314 g/mol. The third-order valence-electron chi connectivity index (χ3n) is 4.58. The molecule has 2 aromatic carbocycles. The molecule has 0 radical (unpaired) electrons. The van der Waals surface area contributed by atoms with Crippen LogP contribution in [0.5, 0.6) is 5.75 Å². The van der Waals surface area contributed by atoms with Crippen molar-refractivity contribution in [1.29, 1.82) is 5.41 Å². The number of nitrogens with one attached hydrogen (secondary N) is 1. The van der Waals surface area contributed by atoms with E-state index in [1.54, 1.807) is 24.3 Å². The summed E-state index contributed by atoms with van der Waals surface area (Å²) in [5, 5.41) is 19.9. The molecule has 0 bridgehead atoms. The fraction of sp³-hybridized carbons (Fsp3) is 0.200. The highest BCUT2D eigenvalue weighted by Crippen LogP contribution is 2.32. The van der Waals surface area contributed by atoms with Gasteiger partial charge in [-0.3, -0.25) is 0 Å². The summed E-state index contributed by atoms with van der Waals surface area (Å²) in [7, 11) is 0. The first kappa shape index (κ1) is 15.4. The van der Waals surface area contributed by atoms with E-state index in [0.29, 0.717) is 22.4 Å². The number of aromatic hydroxyl groups is 1. The molecule has 1 aliphatic heterocycles. The van der Waals surface area contributed by atoms with Gasteiger partial charge in [0.05, 0.1) is 5.36 Å². The molecule has 2 N–H and O–H groups in total. The number of phenols is 1. The molecule has 4 rings (SSSR count). The molecule has 1 heterocycles. The third kappa shape index (κ3) is 2.48. The molecule has 0 saturated heterocycles. The molecule has 0 saturated carbocycles. The van der Waals surface area contributed by atoms with Crippen molar-refractivity contribution in [2.45, 2.75) is 13.8 Å². The van der Waals surface area contributed by atoms with E-state index in [4.69, 9.17) is 14.8 Å². The lowest BCUT2D eigenvalue weighted by Crippen LogP contribution is -2.21. The summed E-state index contributed by atoms with van der Waals surface area (Å²) in [6, 6.07) is 12.6. The zero-order chi connectivity index (χ0) is 17.6. The van der Waals surface area contributed by atoms with Crippen LogP contribution in [0.4, 0.5) is 5.69 Å². The van der Waals surface area contributed by atoms with Gasteiger partial charge in [-0.1, -0.05) is 0 Å². The van der Waals surface area contributed by atoms with Gasteiger partial charge in [0.15, 0.2) is 11.3 Å². The van der Waals surface area contributed by atoms with Gasteiger partial charge in [-0.05, 0) is 44.2 Å². The fourth-order valence-electron chi connectivity index (χ4n) is 3.27. The molecule has 1 aliphatic carbocycles. The molecular formula is C20H19N3O2. The quantitative estimate of drug-likeness (QED) is 0.437. The predicted molar refractivity (Wildman–Crippen MR) is 99.2 cm³/mol. The van der Waals surface area contributed by atoms with Gasteiger partial charge in [0, 0.05) is 41.7 Å². The summed E-state index contributed by atoms with van der Waals surface area (Å²) in [5.74, 6) is 0.700. The summed E-state index contributed by atoms with van der Waals surface area (Å²) >= 11 is 0. The Labute approximate surface area is 145 Å². The first-order valence-corrected chi connectivity index (χ1v) is 8.40. The van der Waals surface area contributed by atoms with Gasteiger partial charge >= 0.3 is 0 Å². The average molecular weight is 333 g/mol. The normalized spacial score (nSPS) is 11.4. The highest BCUT2D eigenvalue weighted by atomic mass is 16.3. The second kappa shape index (κ2) is 5.77. The number of aromatic nitrogens is 1. The number of hydrogen-bond acceptors (Lipinski definition) is 5. The Hall–Kier alpha value is -3.08. The second-order valence-corrected chi connectivity index (χ2v) is 6.04. The van der Waals surface area contributed by atoms with Crippen LogP contribution >= 0.6 is 0 Å². The van der Waals surface area contributed by atoms with Crippen molar-refractivity contribution in [3.63, 3.8) is 0 Å². The van der Waals surface area contributed by atoms with Crippen LogP contribution in [-0.4, -0.2) is 23.2 Å². The van der Waals surface area contributed by atoms with Gasteiger partial charge < -0.3 is 19.8 Å². The molecule has 0 amide bonds. The van der Waals surface area contributed by atoms with Crippen LogP contribution in [0.3, 0.4) is 0 Å². The predicted octanol–water partition coefficient (Wildman–Crippen LogP) is 4.12. The van der Waals surface area contributed by atoms with E-state index in [2.05, 4.69) is 18.7 Å². The van der Waals surface area contributed by atoms with Crippen molar-refractivity contribution in [2.24, 2.45) is 0 Å². The summed E-state index contributed by atoms with van der Waals surface area (Å²) in [4.78, 5) is 6.98. The van der Waals surface area contributed by atoms with E-state index in [1.807, 2.05) is 18.2 Å². The molecule has 0 atom stereocenters. The largest absolute Gasteiger partial charge is 0.508 e. The van der Waals surface area contributed by atoms with Crippen molar-refractivity contribution in [3.05, 3.63) is 47.8 Å². The van der Waals surface area contributed by atoms with E-state index >= 15 is 0 Å². The Morgan fingerprint density at radius 2 is 1.84 bits per heavy atom. The van der Waals surface area contributed by atoms with E-state index in [1.165, 1.54) is 0 Å². The summed E-state index contributed by atoms with van der Waals surface area (Å²) < 4.78 is 6.06. The lowest BCUT2D eigenvalue weighted by molar-refractivity contribution is 0.476. The van der Waals surface area contributed by atoms with Crippen LogP contribution in [0.2, 0.25) is 0 Å². The average Bonchev–Trinajstić information content (AvgIpc) is 2.61. The van der Waals surface area contributed by atoms with Gasteiger partial charge in [-0.2, -0.15) is 0 Å². The zero-order valence-electron chi connectivity index (χ0n) is 14.2. The van der Waals surface area contributed by atoms with Crippen molar-refractivity contribution >= 4 is 27.6 Å². The van der Waals surface area contributed by atoms with E-state index < -0.39 is 0 Å². The van der Waals surface area contributed by atoms with Crippen LogP contribution in [0.1, 0.15) is 13.8 Å². The maximum Gasteiger partial charge on any atom is 0.155 e. The highest BCUT2D eigenvalue weighted by Gasteiger charge is 2.15. The second-order valence-electron chi connectivity index (χ2n) is 6.04. The topological polar surface area (TPSA) is 73.3 Å². The SMILES string of the molecule is CCN(CC)c1ccc2nc3c4cc(O)ccc4c(=N)cc-3oc2c1. The van der Waals surface area contributed by atoms with E-state index in [9.17, 15) is 5.11 Å². The maximum atomic E-state index is 9.82. The van der Waals surface area contributed by atoms with Crippen LogP contribution < -0.4 is 10.3 Å². The molecule has 0 aromatic heterocycles. The maximum absolute atomic E-state index is 9.82. The monoisotopic (exact) mass is 333 g/mol. The third-order valence-corrected chi connectivity index (χ3v) is 4.58. The van der Waals surface area contributed by atoms with Gasteiger partial charge in [-0.25, -0.2) is 4.98 Å². The van der Waals surface area contributed by atoms with Crippen LogP contribution in [0, 0.1) is 5.41 Å². The molecule has 0 spiro atoms. The van der Waals surface area contributed by atoms with Crippen LogP contribution in [-0.2, 0) is 0 Å². The number of phenolic OH excluding ortho intramolecular Hbond substituents is 1. The van der Waals surface area contributed by atoms with Crippen LogP contribution in [0.25, 0.3) is 33.3 Å². The molecule has 126 valence electrons. The zero-order valence-corrected chi connectivity index (χ0v) is 14.2. The van der Waals surface area contributed by atoms with E-state index in [0.717, 1.165) is 35.1 Å². The number of rotatable bonds is 3. The molecule has 0 fully saturated rings. The molecule has 2 aliphatic rings. The number of fused-ring (bicyclic) bond motifs is 4. The van der Waals surface area contributed by atoms with Gasteiger partial charge in [0.1, 0.15) is 17.0 Å². The minimum absolute atomic E-state index is 0.151. The fourth-order valence-corrected chi connectivity index (χ4v) is 3.27.